The minimum absolute atomic E-state index is 0.144. The molecule has 4 nitrogen and oxygen atoms in total. The maximum Gasteiger partial charge on any atom is 0.0945 e. The number of aromatic nitrogens is 2. The molecule has 1 aromatic rings. The maximum absolute atomic E-state index is 6.13. The molecule has 0 aromatic carbocycles. The van der Waals surface area contributed by atoms with Crippen LogP contribution in [0.5, 0.6) is 0 Å². The number of nitrogens with zero attached hydrogens (tertiary/aromatic N) is 2. The molecule has 0 radical (unpaired) electrons. The quantitative estimate of drug-likeness (QED) is 0.686. The Labute approximate surface area is 97.8 Å². The summed E-state index contributed by atoms with van der Waals surface area (Å²) in [5.74, 6) is 0. The average molecular weight is 225 g/mol. The SMILES string of the molecule is CCC(N)(CC)COCCCn1ccnc1. The van der Waals surface area contributed by atoms with Crippen molar-refractivity contribution in [3.63, 3.8) is 0 Å². The number of hydrogen-bond acceptors (Lipinski definition) is 3. The fourth-order valence-electron chi connectivity index (χ4n) is 1.50. The van der Waals surface area contributed by atoms with Gasteiger partial charge in [0.05, 0.1) is 12.9 Å². The fourth-order valence-corrected chi connectivity index (χ4v) is 1.50. The smallest absolute Gasteiger partial charge is 0.0945 e. The van der Waals surface area contributed by atoms with Gasteiger partial charge >= 0.3 is 0 Å². The minimum atomic E-state index is -0.144. The third kappa shape index (κ3) is 4.33. The van der Waals surface area contributed by atoms with E-state index in [2.05, 4.69) is 23.4 Å². The molecule has 16 heavy (non-hydrogen) atoms. The average Bonchev–Trinajstić information content (AvgIpc) is 2.81. The van der Waals surface area contributed by atoms with Crippen LogP contribution in [-0.4, -0.2) is 28.3 Å². The molecule has 0 fully saturated rings. The van der Waals surface area contributed by atoms with Crippen LogP contribution < -0.4 is 5.73 Å². The summed E-state index contributed by atoms with van der Waals surface area (Å²) < 4.78 is 7.67. The first kappa shape index (κ1) is 13.2. The van der Waals surface area contributed by atoms with Crippen LogP contribution in [0.25, 0.3) is 0 Å². The van der Waals surface area contributed by atoms with Crippen molar-refractivity contribution in [1.82, 2.24) is 9.55 Å². The fraction of sp³-hybridized carbons (Fsp3) is 0.750. The van der Waals surface area contributed by atoms with Crippen molar-refractivity contribution in [2.24, 2.45) is 5.73 Å². The lowest BCUT2D eigenvalue weighted by atomic mass is 9.96. The van der Waals surface area contributed by atoms with Gasteiger partial charge in [0.2, 0.25) is 0 Å². The zero-order valence-corrected chi connectivity index (χ0v) is 10.4. The van der Waals surface area contributed by atoms with Crippen LogP contribution in [0, 0.1) is 0 Å². The minimum Gasteiger partial charge on any atom is -0.379 e. The lowest BCUT2D eigenvalue weighted by molar-refractivity contribution is 0.0775. The Morgan fingerprint density at radius 2 is 2.12 bits per heavy atom. The van der Waals surface area contributed by atoms with Crippen molar-refractivity contribution in [3.8, 4) is 0 Å². The van der Waals surface area contributed by atoms with Crippen LogP contribution in [0.2, 0.25) is 0 Å². The molecule has 1 heterocycles. The second-order valence-corrected chi connectivity index (χ2v) is 4.28. The molecule has 0 saturated heterocycles. The van der Waals surface area contributed by atoms with Crippen molar-refractivity contribution in [2.45, 2.75) is 45.2 Å². The van der Waals surface area contributed by atoms with Gasteiger partial charge in [0.15, 0.2) is 0 Å². The molecular weight excluding hydrogens is 202 g/mol. The first-order valence-electron chi connectivity index (χ1n) is 6.02. The molecule has 0 aliphatic rings. The van der Waals surface area contributed by atoms with Crippen LogP contribution in [-0.2, 0) is 11.3 Å². The van der Waals surface area contributed by atoms with Gasteiger partial charge < -0.3 is 15.0 Å². The van der Waals surface area contributed by atoms with E-state index < -0.39 is 0 Å². The summed E-state index contributed by atoms with van der Waals surface area (Å²) in [6.07, 6.45) is 8.51. The second kappa shape index (κ2) is 6.66. The van der Waals surface area contributed by atoms with Crippen LogP contribution in [0.4, 0.5) is 0 Å². The Bertz CT molecular complexity index is 268. The van der Waals surface area contributed by atoms with E-state index in [0.717, 1.165) is 32.4 Å². The van der Waals surface area contributed by atoms with Gasteiger partial charge in [-0.2, -0.15) is 0 Å². The molecule has 0 aliphatic heterocycles. The van der Waals surface area contributed by atoms with Crippen molar-refractivity contribution in [3.05, 3.63) is 18.7 Å². The second-order valence-electron chi connectivity index (χ2n) is 4.28. The molecule has 4 heteroatoms. The van der Waals surface area contributed by atoms with Gasteiger partial charge in [-0.1, -0.05) is 13.8 Å². The summed E-state index contributed by atoms with van der Waals surface area (Å²) in [7, 11) is 0. The summed E-state index contributed by atoms with van der Waals surface area (Å²) >= 11 is 0. The molecule has 0 atom stereocenters. The predicted octanol–water partition coefficient (Wildman–Crippen LogP) is 1.81. The molecule has 2 N–H and O–H groups in total. The summed E-state index contributed by atoms with van der Waals surface area (Å²) in [6.45, 7) is 6.59. The number of imidazole rings is 1. The number of rotatable bonds is 8. The molecule has 1 aromatic heterocycles. The van der Waals surface area contributed by atoms with E-state index in [1.54, 1.807) is 6.20 Å². The molecule has 1 rings (SSSR count). The van der Waals surface area contributed by atoms with Crippen LogP contribution in [0.3, 0.4) is 0 Å². The molecule has 0 amide bonds. The van der Waals surface area contributed by atoms with Crippen molar-refractivity contribution in [1.29, 1.82) is 0 Å². The summed E-state index contributed by atoms with van der Waals surface area (Å²) in [5, 5.41) is 0. The van der Waals surface area contributed by atoms with Gasteiger partial charge in [-0.3, -0.25) is 0 Å². The number of aryl methyl sites for hydroxylation is 1. The summed E-state index contributed by atoms with van der Waals surface area (Å²) in [4.78, 5) is 3.99. The Morgan fingerprint density at radius 3 is 2.69 bits per heavy atom. The topological polar surface area (TPSA) is 53.1 Å². The highest BCUT2D eigenvalue weighted by Crippen LogP contribution is 2.11. The van der Waals surface area contributed by atoms with Gasteiger partial charge in [-0.25, -0.2) is 4.98 Å². The molecule has 0 bridgehead atoms. The Balaban J connectivity index is 2.08. The Kier molecular flexibility index (Phi) is 5.49. The van der Waals surface area contributed by atoms with Crippen molar-refractivity contribution < 1.29 is 4.74 Å². The predicted molar refractivity (Wildman–Crippen MR) is 65.2 cm³/mol. The van der Waals surface area contributed by atoms with E-state index in [-0.39, 0.29) is 5.54 Å². The molecule has 92 valence electrons. The maximum atomic E-state index is 6.13. The van der Waals surface area contributed by atoms with Gasteiger partial charge in [0, 0.05) is 31.1 Å². The standard InChI is InChI=1S/C12H23N3O/c1-3-12(13,4-2)10-16-9-5-7-15-8-6-14-11-15/h6,8,11H,3-5,7,9-10,13H2,1-2H3. The third-order valence-electron chi connectivity index (χ3n) is 3.06. The monoisotopic (exact) mass is 225 g/mol. The first-order chi connectivity index (χ1) is 7.70. The molecule has 0 saturated carbocycles. The van der Waals surface area contributed by atoms with E-state index in [4.69, 9.17) is 10.5 Å². The van der Waals surface area contributed by atoms with Gasteiger partial charge in [-0.15, -0.1) is 0 Å². The van der Waals surface area contributed by atoms with E-state index in [9.17, 15) is 0 Å². The first-order valence-corrected chi connectivity index (χ1v) is 6.02. The van der Waals surface area contributed by atoms with E-state index in [0.29, 0.717) is 6.61 Å². The van der Waals surface area contributed by atoms with Crippen LogP contribution >= 0.6 is 0 Å². The number of nitrogens with two attached hydrogens (primary N) is 1. The lowest BCUT2D eigenvalue weighted by Gasteiger charge is -2.26. The molecule has 0 unspecified atom stereocenters. The zero-order chi connectivity index (χ0) is 11.9. The van der Waals surface area contributed by atoms with E-state index >= 15 is 0 Å². The van der Waals surface area contributed by atoms with E-state index in [1.807, 2.05) is 12.5 Å². The van der Waals surface area contributed by atoms with Crippen molar-refractivity contribution >= 4 is 0 Å². The van der Waals surface area contributed by atoms with Crippen molar-refractivity contribution in [2.75, 3.05) is 13.2 Å². The van der Waals surface area contributed by atoms with Gasteiger partial charge in [0.1, 0.15) is 0 Å². The van der Waals surface area contributed by atoms with E-state index in [1.165, 1.54) is 0 Å². The number of ether oxygens (including phenoxy) is 1. The summed E-state index contributed by atoms with van der Waals surface area (Å²) in [5.41, 5.74) is 5.99. The normalized spacial score (nSPS) is 11.9. The van der Waals surface area contributed by atoms with Gasteiger partial charge in [0.25, 0.3) is 0 Å². The van der Waals surface area contributed by atoms with Crippen LogP contribution in [0.15, 0.2) is 18.7 Å². The highest BCUT2D eigenvalue weighted by atomic mass is 16.5. The molecule has 0 spiro atoms. The Hall–Kier alpha value is -0.870. The highest BCUT2D eigenvalue weighted by Gasteiger charge is 2.19. The van der Waals surface area contributed by atoms with Gasteiger partial charge in [-0.05, 0) is 19.3 Å². The molecule has 0 aliphatic carbocycles. The lowest BCUT2D eigenvalue weighted by Crippen LogP contribution is -2.43. The zero-order valence-electron chi connectivity index (χ0n) is 10.4. The third-order valence-corrected chi connectivity index (χ3v) is 3.06. The van der Waals surface area contributed by atoms with Crippen LogP contribution in [0.1, 0.15) is 33.1 Å². The Morgan fingerprint density at radius 1 is 1.38 bits per heavy atom. The summed E-state index contributed by atoms with van der Waals surface area (Å²) in [6, 6.07) is 0. The largest absolute Gasteiger partial charge is 0.379 e. The molecular formula is C12H23N3O. The highest BCUT2D eigenvalue weighted by molar-refractivity contribution is 4.80. The number of hydrogen-bond donors (Lipinski definition) is 1.